The predicted molar refractivity (Wildman–Crippen MR) is 165 cm³/mol. The van der Waals surface area contributed by atoms with E-state index in [2.05, 4.69) is 127 Å². The number of likely N-dealkylation sites (tertiary alicyclic amines) is 2. The van der Waals surface area contributed by atoms with Crippen molar-refractivity contribution in [1.82, 2.24) is 14.4 Å². The van der Waals surface area contributed by atoms with Crippen molar-refractivity contribution in [2.45, 2.75) is 43.7 Å². The normalized spacial score (nSPS) is 22.7. The summed E-state index contributed by atoms with van der Waals surface area (Å²) in [7, 11) is 6.93. The lowest BCUT2D eigenvalue weighted by Gasteiger charge is -2.39. The van der Waals surface area contributed by atoms with Crippen molar-refractivity contribution in [2.75, 3.05) is 27.2 Å². The monoisotopic (exact) mass is 513 g/mol. The Labute approximate surface area is 232 Å². The lowest BCUT2D eigenvalue weighted by atomic mass is 9.85. The summed E-state index contributed by atoms with van der Waals surface area (Å²) in [5.74, 6) is 0.535. The van der Waals surface area contributed by atoms with E-state index in [4.69, 9.17) is 0 Å². The minimum atomic E-state index is 0.535. The summed E-state index contributed by atoms with van der Waals surface area (Å²) in [5, 5.41) is 2.69. The Morgan fingerprint density at radius 1 is 0.615 bits per heavy atom. The Hall–Kier alpha value is -3.40. The van der Waals surface area contributed by atoms with Gasteiger partial charge in [-0.3, -0.25) is 0 Å². The molecule has 0 amide bonds. The smallest absolute Gasteiger partial charge is 0.0492 e. The van der Waals surface area contributed by atoms with Crippen LogP contribution in [-0.2, 0) is 7.05 Å². The van der Waals surface area contributed by atoms with Gasteiger partial charge in [-0.15, -0.1) is 0 Å². The minimum Gasteiger partial charge on any atom is -0.344 e. The summed E-state index contributed by atoms with van der Waals surface area (Å²) in [5.41, 5.74) is 9.41. The maximum absolute atomic E-state index is 2.66. The molecule has 0 N–H and O–H groups in total. The molecule has 5 aromatic rings. The van der Waals surface area contributed by atoms with Gasteiger partial charge in [-0.1, -0.05) is 73.2 Å². The van der Waals surface area contributed by atoms with Gasteiger partial charge in [0.05, 0.1) is 0 Å². The van der Waals surface area contributed by atoms with Gasteiger partial charge in [0, 0.05) is 47.5 Å². The first-order valence-electron chi connectivity index (χ1n) is 14.7. The Morgan fingerprint density at radius 3 is 2.08 bits per heavy atom. The SMILES string of the molecule is CN1CCCCC1C1CC(c2cc3c(cc2-c2ccccc2)c2cc(-c4ccccc4)ccc2n3C)CN1C. The first-order valence-corrected chi connectivity index (χ1v) is 14.7. The Kier molecular flexibility index (Phi) is 6.29. The number of hydrogen-bond acceptors (Lipinski definition) is 2. The van der Waals surface area contributed by atoms with Crippen molar-refractivity contribution in [3.8, 4) is 22.3 Å². The van der Waals surface area contributed by atoms with Crippen molar-refractivity contribution in [2.24, 2.45) is 7.05 Å². The predicted octanol–water partition coefficient (Wildman–Crippen LogP) is 7.94. The van der Waals surface area contributed by atoms with Gasteiger partial charge < -0.3 is 14.4 Å². The maximum atomic E-state index is 2.66. The van der Waals surface area contributed by atoms with E-state index in [1.54, 1.807) is 0 Å². The first kappa shape index (κ1) is 24.6. The van der Waals surface area contributed by atoms with E-state index in [0.29, 0.717) is 18.0 Å². The molecule has 0 spiro atoms. The zero-order valence-electron chi connectivity index (χ0n) is 23.5. The number of rotatable bonds is 4. The topological polar surface area (TPSA) is 11.4 Å². The molecule has 7 rings (SSSR count). The second kappa shape index (κ2) is 9.97. The van der Waals surface area contributed by atoms with Crippen LogP contribution in [0.1, 0.15) is 37.2 Å². The third-order valence-corrected chi connectivity index (χ3v) is 9.68. The minimum absolute atomic E-state index is 0.535. The highest BCUT2D eigenvalue weighted by molar-refractivity contribution is 6.11. The number of aryl methyl sites for hydroxylation is 1. The van der Waals surface area contributed by atoms with Gasteiger partial charge in [-0.25, -0.2) is 0 Å². The first-order chi connectivity index (χ1) is 19.1. The van der Waals surface area contributed by atoms with E-state index in [1.165, 1.54) is 81.9 Å². The van der Waals surface area contributed by atoms with Crippen LogP contribution in [0.3, 0.4) is 0 Å². The molecule has 0 bridgehead atoms. The second-order valence-electron chi connectivity index (χ2n) is 12.0. The van der Waals surface area contributed by atoms with E-state index in [1.807, 2.05) is 0 Å². The molecule has 3 atom stereocenters. The zero-order chi connectivity index (χ0) is 26.5. The summed E-state index contributed by atoms with van der Waals surface area (Å²) in [4.78, 5) is 5.28. The van der Waals surface area contributed by atoms with Gasteiger partial charge in [0.1, 0.15) is 0 Å². The Morgan fingerprint density at radius 2 is 1.33 bits per heavy atom. The van der Waals surface area contributed by atoms with E-state index in [9.17, 15) is 0 Å². The zero-order valence-corrected chi connectivity index (χ0v) is 23.5. The molecule has 4 aromatic carbocycles. The molecular weight excluding hydrogens is 474 g/mol. The van der Waals surface area contributed by atoms with Gasteiger partial charge in [0.2, 0.25) is 0 Å². The van der Waals surface area contributed by atoms with E-state index in [-0.39, 0.29) is 0 Å². The molecule has 3 heterocycles. The molecule has 1 aromatic heterocycles. The fourth-order valence-electron chi connectivity index (χ4n) is 7.58. The van der Waals surface area contributed by atoms with Gasteiger partial charge in [0.25, 0.3) is 0 Å². The van der Waals surface area contributed by atoms with Crippen LogP contribution in [0.2, 0.25) is 0 Å². The third-order valence-electron chi connectivity index (χ3n) is 9.68. The third kappa shape index (κ3) is 4.29. The highest BCUT2D eigenvalue weighted by atomic mass is 15.2. The largest absolute Gasteiger partial charge is 0.344 e. The van der Waals surface area contributed by atoms with Crippen LogP contribution in [0.25, 0.3) is 44.1 Å². The molecule has 3 nitrogen and oxygen atoms in total. The highest BCUT2D eigenvalue weighted by Gasteiger charge is 2.39. The molecular formula is C36H39N3. The molecule has 0 radical (unpaired) electrons. The molecule has 2 fully saturated rings. The van der Waals surface area contributed by atoms with Crippen LogP contribution in [0, 0.1) is 0 Å². The van der Waals surface area contributed by atoms with E-state index >= 15 is 0 Å². The fourth-order valence-corrected chi connectivity index (χ4v) is 7.58. The van der Waals surface area contributed by atoms with E-state index in [0.717, 1.165) is 6.54 Å². The average molecular weight is 514 g/mol. The molecule has 3 heteroatoms. The summed E-state index contributed by atoms with van der Waals surface area (Å²) in [6.45, 7) is 2.37. The summed E-state index contributed by atoms with van der Waals surface area (Å²) >= 11 is 0. The van der Waals surface area contributed by atoms with Gasteiger partial charge in [-0.05, 0) is 97.9 Å². The maximum Gasteiger partial charge on any atom is 0.0492 e. The summed E-state index contributed by atoms with van der Waals surface area (Å²) in [6.07, 6.45) is 5.27. The highest BCUT2D eigenvalue weighted by Crippen LogP contribution is 2.43. The molecule has 0 saturated carbocycles. The van der Waals surface area contributed by atoms with Crippen LogP contribution in [0.15, 0.2) is 91.0 Å². The molecule has 39 heavy (non-hydrogen) atoms. The van der Waals surface area contributed by atoms with Crippen molar-refractivity contribution in [3.05, 3.63) is 96.6 Å². The Balaban J connectivity index is 1.37. The second-order valence-corrected chi connectivity index (χ2v) is 12.0. The van der Waals surface area contributed by atoms with Gasteiger partial charge >= 0.3 is 0 Å². The van der Waals surface area contributed by atoms with Crippen LogP contribution in [-0.4, -0.2) is 53.6 Å². The number of fused-ring (bicyclic) bond motifs is 3. The van der Waals surface area contributed by atoms with Crippen molar-refractivity contribution < 1.29 is 0 Å². The molecule has 198 valence electrons. The van der Waals surface area contributed by atoms with Crippen molar-refractivity contribution in [3.63, 3.8) is 0 Å². The average Bonchev–Trinajstić information content (AvgIpc) is 3.50. The quantitative estimate of drug-likeness (QED) is 0.242. The molecule has 2 aliphatic rings. The van der Waals surface area contributed by atoms with Crippen molar-refractivity contribution in [1.29, 1.82) is 0 Å². The standard InChI is InChI=1S/C36H39N3/c1-37-19-11-10-16-34(37)36-21-28(24-38(36)2)30-23-35-32(22-29(30)26-14-8-5-9-15-26)31-20-27(17-18-33(31)39(35)3)25-12-6-4-7-13-25/h4-9,12-15,17-18,20,22-23,28,34,36H,10-11,16,19,21,24H2,1-3H3. The van der Waals surface area contributed by atoms with Crippen molar-refractivity contribution >= 4 is 21.8 Å². The van der Waals surface area contributed by atoms with E-state index < -0.39 is 0 Å². The number of benzene rings is 4. The number of piperidine rings is 1. The Bertz CT molecular complexity index is 1620. The number of hydrogen-bond donors (Lipinski definition) is 0. The summed E-state index contributed by atoms with van der Waals surface area (Å²) in [6, 6.07) is 35.1. The lowest BCUT2D eigenvalue weighted by Crippen LogP contribution is -2.48. The van der Waals surface area contributed by atoms with Crippen LogP contribution < -0.4 is 0 Å². The lowest BCUT2D eigenvalue weighted by molar-refractivity contribution is 0.106. The molecule has 2 saturated heterocycles. The molecule has 3 unspecified atom stereocenters. The van der Waals surface area contributed by atoms with Crippen LogP contribution in [0.5, 0.6) is 0 Å². The molecule has 0 aliphatic carbocycles. The van der Waals surface area contributed by atoms with Crippen LogP contribution >= 0.6 is 0 Å². The van der Waals surface area contributed by atoms with Gasteiger partial charge in [0.15, 0.2) is 0 Å². The number of nitrogens with zero attached hydrogens (tertiary/aromatic N) is 3. The number of aromatic nitrogens is 1. The number of likely N-dealkylation sites (N-methyl/N-ethyl adjacent to an activating group) is 2. The molecule has 2 aliphatic heterocycles. The van der Waals surface area contributed by atoms with Gasteiger partial charge in [-0.2, -0.15) is 0 Å². The van der Waals surface area contributed by atoms with Crippen LogP contribution in [0.4, 0.5) is 0 Å². The summed E-state index contributed by atoms with van der Waals surface area (Å²) < 4.78 is 2.41. The fraction of sp³-hybridized carbons (Fsp3) is 0.333.